The molecule has 3 nitrogen and oxygen atoms in total. The maximum atomic E-state index is 12.0. The molecular weight excluding hydrogens is 200 g/mol. The van der Waals surface area contributed by atoms with E-state index < -0.39 is 0 Å². The molecular formula is C13H26N2O. The van der Waals surface area contributed by atoms with Crippen LogP contribution in [0.25, 0.3) is 0 Å². The van der Waals surface area contributed by atoms with Crippen molar-refractivity contribution in [3.05, 3.63) is 0 Å². The van der Waals surface area contributed by atoms with E-state index in [4.69, 9.17) is 0 Å². The lowest BCUT2D eigenvalue weighted by Crippen LogP contribution is -2.38. The van der Waals surface area contributed by atoms with Crippen molar-refractivity contribution >= 4 is 5.91 Å². The summed E-state index contributed by atoms with van der Waals surface area (Å²) in [6, 6.07) is 0.0963. The molecule has 94 valence electrons. The van der Waals surface area contributed by atoms with E-state index in [1.165, 1.54) is 6.42 Å². The molecule has 1 amide bonds. The summed E-state index contributed by atoms with van der Waals surface area (Å²) < 4.78 is 0. The predicted molar refractivity (Wildman–Crippen MR) is 67.4 cm³/mol. The van der Waals surface area contributed by atoms with Crippen molar-refractivity contribution in [1.29, 1.82) is 0 Å². The predicted octanol–water partition coefficient (Wildman–Crippen LogP) is 2.02. The second-order valence-corrected chi connectivity index (χ2v) is 5.16. The molecule has 1 fully saturated rings. The first-order chi connectivity index (χ1) is 7.65. The van der Waals surface area contributed by atoms with Gasteiger partial charge < -0.3 is 10.2 Å². The normalized spacial score (nSPS) is 21.1. The molecule has 3 heteroatoms. The van der Waals surface area contributed by atoms with Gasteiger partial charge in [-0.1, -0.05) is 20.8 Å². The highest BCUT2D eigenvalue weighted by Gasteiger charge is 2.30. The second-order valence-electron chi connectivity index (χ2n) is 5.16. The minimum Gasteiger partial charge on any atom is -0.341 e. The van der Waals surface area contributed by atoms with Crippen LogP contribution in [0, 0.1) is 5.92 Å². The topological polar surface area (TPSA) is 32.3 Å². The molecule has 1 saturated heterocycles. The molecule has 0 aliphatic carbocycles. The summed E-state index contributed by atoms with van der Waals surface area (Å²) in [5.74, 6) is 1.06. The summed E-state index contributed by atoms with van der Waals surface area (Å²) in [5, 5.41) is 3.32. The molecule has 0 radical (unpaired) electrons. The summed E-state index contributed by atoms with van der Waals surface area (Å²) in [6.07, 6.45) is 4.44. The van der Waals surface area contributed by atoms with Crippen LogP contribution in [-0.2, 0) is 4.79 Å². The summed E-state index contributed by atoms with van der Waals surface area (Å²) in [7, 11) is 0. The maximum Gasteiger partial charge on any atom is 0.239 e. The third-order valence-electron chi connectivity index (χ3n) is 3.15. The fraction of sp³-hybridized carbons (Fsp3) is 0.923. The quantitative estimate of drug-likeness (QED) is 0.720. The summed E-state index contributed by atoms with van der Waals surface area (Å²) >= 11 is 0. The van der Waals surface area contributed by atoms with E-state index in [9.17, 15) is 4.79 Å². The summed E-state index contributed by atoms with van der Waals surface area (Å²) in [4.78, 5) is 14.0. The van der Waals surface area contributed by atoms with Gasteiger partial charge in [-0.3, -0.25) is 4.79 Å². The molecule has 1 rings (SSSR count). The summed E-state index contributed by atoms with van der Waals surface area (Å²) in [5.41, 5.74) is 0. The highest BCUT2D eigenvalue weighted by molar-refractivity contribution is 5.83. The lowest BCUT2D eigenvalue weighted by molar-refractivity contribution is -0.129. The second kappa shape index (κ2) is 6.89. The van der Waals surface area contributed by atoms with E-state index in [2.05, 4.69) is 26.1 Å². The van der Waals surface area contributed by atoms with Gasteiger partial charge in [0, 0.05) is 13.1 Å². The van der Waals surface area contributed by atoms with Gasteiger partial charge in [0.1, 0.15) is 0 Å². The van der Waals surface area contributed by atoms with Gasteiger partial charge >= 0.3 is 0 Å². The molecule has 0 saturated carbocycles. The Labute approximate surface area is 99.6 Å². The molecule has 1 unspecified atom stereocenters. The average Bonchev–Trinajstić information content (AvgIpc) is 2.57. The van der Waals surface area contributed by atoms with Crippen molar-refractivity contribution < 1.29 is 4.79 Å². The Morgan fingerprint density at radius 2 is 2.25 bits per heavy atom. The number of hydrogen-bond acceptors (Lipinski definition) is 2. The van der Waals surface area contributed by atoms with Crippen LogP contribution in [0.3, 0.4) is 0 Å². The Balaban J connectivity index is 2.22. The first-order valence-corrected chi connectivity index (χ1v) is 6.67. The van der Waals surface area contributed by atoms with E-state index in [1.54, 1.807) is 0 Å². The summed E-state index contributed by atoms with van der Waals surface area (Å²) in [6.45, 7) is 9.44. The highest BCUT2D eigenvalue weighted by Crippen LogP contribution is 2.13. The van der Waals surface area contributed by atoms with Crippen LogP contribution in [0.2, 0.25) is 0 Å². The molecule has 0 aromatic rings. The zero-order valence-electron chi connectivity index (χ0n) is 11.0. The first-order valence-electron chi connectivity index (χ1n) is 6.67. The zero-order chi connectivity index (χ0) is 12.0. The smallest absolute Gasteiger partial charge is 0.239 e. The van der Waals surface area contributed by atoms with E-state index in [0.29, 0.717) is 5.91 Å². The maximum absolute atomic E-state index is 12.0. The van der Waals surface area contributed by atoms with Crippen molar-refractivity contribution in [3.63, 3.8) is 0 Å². The Hall–Kier alpha value is -0.570. The van der Waals surface area contributed by atoms with Gasteiger partial charge in [0.2, 0.25) is 5.91 Å². The fourth-order valence-corrected chi connectivity index (χ4v) is 2.16. The Morgan fingerprint density at radius 1 is 1.50 bits per heavy atom. The van der Waals surface area contributed by atoms with E-state index in [0.717, 1.165) is 44.8 Å². The molecule has 16 heavy (non-hydrogen) atoms. The molecule has 1 N–H and O–H groups in total. The minimum atomic E-state index is 0.0963. The molecule has 1 aliphatic rings. The first kappa shape index (κ1) is 13.5. The van der Waals surface area contributed by atoms with Crippen LogP contribution >= 0.6 is 0 Å². The number of rotatable bonds is 7. The number of likely N-dealkylation sites (tertiary alicyclic amines) is 1. The lowest BCUT2D eigenvalue weighted by Gasteiger charge is -2.17. The van der Waals surface area contributed by atoms with Crippen molar-refractivity contribution in [2.45, 2.75) is 52.5 Å². The lowest BCUT2D eigenvalue weighted by atomic mass is 10.1. The minimum absolute atomic E-state index is 0.0963. The highest BCUT2D eigenvalue weighted by atomic mass is 16.2. The van der Waals surface area contributed by atoms with Crippen molar-refractivity contribution in [1.82, 2.24) is 10.2 Å². The fourth-order valence-electron chi connectivity index (χ4n) is 2.16. The van der Waals surface area contributed by atoms with Crippen LogP contribution in [-0.4, -0.2) is 36.5 Å². The molecule has 0 aromatic heterocycles. The number of carbonyl (C=O) groups is 1. The van der Waals surface area contributed by atoms with Gasteiger partial charge in [0.25, 0.3) is 0 Å². The Kier molecular flexibility index (Phi) is 5.81. The monoisotopic (exact) mass is 226 g/mol. The van der Waals surface area contributed by atoms with Crippen LogP contribution in [0.1, 0.15) is 46.5 Å². The third kappa shape index (κ3) is 4.12. The Bertz CT molecular complexity index is 216. The number of carbonyl (C=O) groups excluding carboxylic acids is 1. The average molecular weight is 226 g/mol. The molecule has 1 atom stereocenters. The van der Waals surface area contributed by atoms with Gasteiger partial charge in [0.15, 0.2) is 0 Å². The SMILES string of the molecule is CCCNC1CCN(CCCC(C)C)C1=O. The number of nitrogens with zero attached hydrogens (tertiary/aromatic N) is 1. The van der Waals surface area contributed by atoms with E-state index in [1.807, 2.05) is 4.90 Å². The Morgan fingerprint density at radius 3 is 2.88 bits per heavy atom. The van der Waals surface area contributed by atoms with E-state index >= 15 is 0 Å². The van der Waals surface area contributed by atoms with Crippen molar-refractivity contribution in [2.24, 2.45) is 5.92 Å². The van der Waals surface area contributed by atoms with E-state index in [-0.39, 0.29) is 6.04 Å². The van der Waals surface area contributed by atoms with Gasteiger partial charge in [-0.05, 0) is 38.1 Å². The molecule has 0 spiro atoms. The molecule has 1 aliphatic heterocycles. The van der Waals surface area contributed by atoms with Crippen LogP contribution in [0.4, 0.5) is 0 Å². The molecule has 0 aromatic carbocycles. The van der Waals surface area contributed by atoms with Crippen molar-refractivity contribution in [3.8, 4) is 0 Å². The van der Waals surface area contributed by atoms with Crippen LogP contribution < -0.4 is 5.32 Å². The number of amides is 1. The van der Waals surface area contributed by atoms with Crippen LogP contribution in [0.15, 0.2) is 0 Å². The third-order valence-corrected chi connectivity index (χ3v) is 3.15. The standard InChI is InChI=1S/C13H26N2O/c1-4-8-14-12-7-10-15(13(12)16)9-5-6-11(2)3/h11-12,14H,4-10H2,1-3H3. The van der Waals surface area contributed by atoms with Gasteiger partial charge in [0.05, 0.1) is 6.04 Å². The number of nitrogens with one attached hydrogen (secondary N) is 1. The molecule has 0 bridgehead atoms. The molecule has 1 heterocycles. The van der Waals surface area contributed by atoms with Gasteiger partial charge in [-0.25, -0.2) is 0 Å². The largest absolute Gasteiger partial charge is 0.341 e. The van der Waals surface area contributed by atoms with Crippen LogP contribution in [0.5, 0.6) is 0 Å². The van der Waals surface area contributed by atoms with Crippen molar-refractivity contribution in [2.75, 3.05) is 19.6 Å². The van der Waals surface area contributed by atoms with Gasteiger partial charge in [-0.2, -0.15) is 0 Å². The van der Waals surface area contributed by atoms with Gasteiger partial charge in [-0.15, -0.1) is 0 Å². The zero-order valence-corrected chi connectivity index (χ0v) is 11.0. The number of hydrogen-bond donors (Lipinski definition) is 1.